The lowest BCUT2D eigenvalue weighted by molar-refractivity contribution is 0.534. The van der Waals surface area contributed by atoms with Crippen LogP contribution in [0.2, 0.25) is 5.02 Å². The number of anilines is 1. The maximum absolute atomic E-state index is 12.5. The normalized spacial score (nSPS) is 20.7. The number of nitrogens with zero attached hydrogens (tertiary/aromatic N) is 2. The molecule has 1 heterocycles. The average Bonchev–Trinajstić information content (AvgIpc) is 3.18. The second-order valence-electron chi connectivity index (χ2n) is 6.25. The highest BCUT2D eigenvalue weighted by molar-refractivity contribution is 8.00. The van der Waals surface area contributed by atoms with E-state index >= 15 is 0 Å². The van der Waals surface area contributed by atoms with Crippen molar-refractivity contribution in [2.75, 3.05) is 18.1 Å². The summed E-state index contributed by atoms with van der Waals surface area (Å²) in [5.74, 6) is 0.622. The SMILES string of the molecule is CSC1(CNc2c(Cl)cnn(CC3CC3)c2=O)CCCC1. The molecule has 2 aliphatic carbocycles. The molecule has 0 amide bonds. The van der Waals surface area contributed by atoms with Crippen molar-refractivity contribution in [3.05, 3.63) is 21.6 Å². The van der Waals surface area contributed by atoms with E-state index in [1.807, 2.05) is 11.8 Å². The number of halogens is 1. The van der Waals surface area contributed by atoms with Crippen LogP contribution < -0.4 is 10.9 Å². The Balaban J connectivity index is 1.76. The number of thioether (sulfide) groups is 1. The third-order valence-electron chi connectivity index (χ3n) is 4.66. The first kappa shape index (κ1) is 15.2. The standard InChI is InChI=1S/C15H22ClN3OS/c1-21-15(6-2-3-7-15)10-17-13-12(16)8-18-19(14(13)20)9-11-4-5-11/h8,11,17H,2-7,9-10H2,1H3. The maximum atomic E-state index is 12.5. The second kappa shape index (κ2) is 6.21. The molecule has 0 aromatic carbocycles. The van der Waals surface area contributed by atoms with Gasteiger partial charge < -0.3 is 5.32 Å². The van der Waals surface area contributed by atoms with Crippen molar-refractivity contribution in [3.63, 3.8) is 0 Å². The zero-order chi connectivity index (χ0) is 14.9. The summed E-state index contributed by atoms with van der Waals surface area (Å²) in [6.45, 7) is 1.52. The highest BCUT2D eigenvalue weighted by Crippen LogP contribution is 2.40. The first-order valence-electron chi connectivity index (χ1n) is 7.68. The fourth-order valence-corrected chi connectivity index (χ4v) is 4.13. The summed E-state index contributed by atoms with van der Waals surface area (Å²) in [6, 6.07) is 0. The quantitative estimate of drug-likeness (QED) is 0.870. The van der Waals surface area contributed by atoms with E-state index in [0.717, 1.165) is 13.1 Å². The monoisotopic (exact) mass is 327 g/mol. The summed E-state index contributed by atoms with van der Waals surface area (Å²) >= 11 is 8.09. The summed E-state index contributed by atoms with van der Waals surface area (Å²) in [5, 5.41) is 7.92. The molecule has 0 spiro atoms. The molecule has 116 valence electrons. The molecule has 0 saturated heterocycles. The molecule has 2 aliphatic rings. The Bertz CT molecular complexity index is 565. The Hall–Kier alpha value is -0.680. The van der Waals surface area contributed by atoms with Crippen molar-refractivity contribution in [2.24, 2.45) is 5.92 Å². The van der Waals surface area contributed by atoms with Gasteiger partial charge in [0.2, 0.25) is 0 Å². The molecule has 0 bridgehead atoms. The molecule has 4 nitrogen and oxygen atoms in total. The number of hydrogen-bond donors (Lipinski definition) is 1. The van der Waals surface area contributed by atoms with Crippen LogP contribution in [0.5, 0.6) is 0 Å². The first-order valence-corrected chi connectivity index (χ1v) is 9.28. The van der Waals surface area contributed by atoms with Crippen LogP contribution in [0.25, 0.3) is 0 Å². The molecule has 6 heteroatoms. The number of rotatable bonds is 6. The number of nitrogens with one attached hydrogen (secondary N) is 1. The van der Waals surface area contributed by atoms with Crippen LogP contribution in [0, 0.1) is 5.92 Å². The summed E-state index contributed by atoms with van der Waals surface area (Å²) in [7, 11) is 0. The molecule has 0 unspecified atom stereocenters. The van der Waals surface area contributed by atoms with Crippen LogP contribution in [0.15, 0.2) is 11.0 Å². The van der Waals surface area contributed by atoms with E-state index in [2.05, 4.69) is 16.7 Å². The molecule has 1 N–H and O–H groups in total. The summed E-state index contributed by atoms with van der Waals surface area (Å²) in [6.07, 6.45) is 11.1. The predicted molar refractivity (Wildman–Crippen MR) is 89.4 cm³/mol. The van der Waals surface area contributed by atoms with Crippen LogP contribution >= 0.6 is 23.4 Å². The molecule has 2 saturated carbocycles. The van der Waals surface area contributed by atoms with Crippen molar-refractivity contribution in [1.29, 1.82) is 0 Å². The van der Waals surface area contributed by atoms with Crippen molar-refractivity contribution < 1.29 is 0 Å². The van der Waals surface area contributed by atoms with Gasteiger partial charge in [-0.3, -0.25) is 4.79 Å². The molecule has 0 radical (unpaired) electrons. The van der Waals surface area contributed by atoms with Crippen LogP contribution in [0.3, 0.4) is 0 Å². The molecule has 0 atom stereocenters. The van der Waals surface area contributed by atoms with Crippen molar-refractivity contribution in [2.45, 2.75) is 49.8 Å². The minimum Gasteiger partial charge on any atom is -0.378 e. The van der Waals surface area contributed by atoms with Crippen LogP contribution in [-0.4, -0.2) is 27.3 Å². The highest BCUT2D eigenvalue weighted by Gasteiger charge is 2.33. The molecule has 1 aromatic rings. The Morgan fingerprint density at radius 3 is 2.81 bits per heavy atom. The summed E-state index contributed by atoms with van der Waals surface area (Å²) < 4.78 is 1.81. The van der Waals surface area contributed by atoms with Gasteiger partial charge in [0.15, 0.2) is 0 Å². The van der Waals surface area contributed by atoms with Gasteiger partial charge in [-0.25, -0.2) is 4.68 Å². The Labute approximate surface area is 134 Å². The van der Waals surface area contributed by atoms with Gasteiger partial charge in [0.25, 0.3) is 5.56 Å². The molecular formula is C15H22ClN3OS. The van der Waals surface area contributed by atoms with Crippen LogP contribution in [0.1, 0.15) is 38.5 Å². The zero-order valence-electron chi connectivity index (χ0n) is 12.4. The fourth-order valence-electron chi connectivity index (χ4n) is 3.03. The zero-order valence-corrected chi connectivity index (χ0v) is 14.0. The van der Waals surface area contributed by atoms with E-state index in [1.54, 1.807) is 10.9 Å². The minimum absolute atomic E-state index is 0.0800. The average molecular weight is 328 g/mol. The predicted octanol–water partition coefficient (Wildman–Crippen LogP) is 3.39. The highest BCUT2D eigenvalue weighted by atomic mass is 35.5. The van der Waals surface area contributed by atoms with Crippen molar-refractivity contribution in [3.8, 4) is 0 Å². The third kappa shape index (κ3) is 3.39. The van der Waals surface area contributed by atoms with E-state index in [4.69, 9.17) is 11.6 Å². The minimum atomic E-state index is -0.0800. The molecule has 1 aromatic heterocycles. The molecular weight excluding hydrogens is 306 g/mol. The van der Waals surface area contributed by atoms with Gasteiger partial charge in [0.05, 0.1) is 11.2 Å². The third-order valence-corrected chi connectivity index (χ3v) is 6.37. The lowest BCUT2D eigenvalue weighted by atomic mass is 10.1. The fraction of sp³-hybridized carbons (Fsp3) is 0.733. The van der Waals surface area contributed by atoms with Crippen molar-refractivity contribution in [1.82, 2.24) is 9.78 Å². The van der Waals surface area contributed by atoms with Crippen LogP contribution in [-0.2, 0) is 6.54 Å². The molecule has 2 fully saturated rings. The summed E-state index contributed by atoms with van der Waals surface area (Å²) in [4.78, 5) is 12.5. The number of aromatic nitrogens is 2. The maximum Gasteiger partial charge on any atom is 0.291 e. The van der Waals surface area contributed by atoms with E-state index in [0.29, 0.717) is 16.6 Å². The van der Waals surface area contributed by atoms with Gasteiger partial charge in [0, 0.05) is 17.8 Å². The van der Waals surface area contributed by atoms with E-state index in [9.17, 15) is 4.79 Å². The summed E-state index contributed by atoms with van der Waals surface area (Å²) in [5.41, 5.74) is 0.441. The van der Waals surface area contributed by atoms with Crippen molar-refractivity contribution >= 4 is 29.1 Å². The number of hydrogen-bond acceptors (Lipinski definition) is 4. The lowest BCUT2D eigenvalue weighted by Gasteiger charge is -2.27. The Morgan fingerprint density at radius 1 is 1.48 bits per heavy atom. The van der Waals surface area contributed by atoms with Gasteiger partial charge in [-0.15, -0.1) is 0 Å². The van der Waals surface area contributed by atoms with Gasteiger partial charge in [-0.2, -0.15) is 16.9 Å². The smallest absolute Gasteiger partial charge is 0.291 e. The van der Waals surface area contributed by atoms with Gasteiger partial charge in [-0.1, -0.05) is 24.4 Å². The van der Waals surface area contributed by atoms with E-state index in [1.165, 1.54) is 38.5 Å². The Kier molecular flexibility index (Phi) is 4.50. The molecule has 0 aliphatic heterocycles. The van der Waals surface area contributed by atoms with Gasteiger partial charge >= 0.3 is 0 Å². The van der Waals surface area contributed by atoms with Gasteiger partial charge in [0.1, 0.15) is 5.69 Å². The van der Waals surface area contributed by atoms with Gasteiger partial charge in [-0.05, 0) is 37.9 Å². The van der Waals surface area contributed by atoms with E-state index in [-0.39, 0.29) is 10.3 Å². The second-order valence-corrected chi connectivity index (χ2v) is 7.93. The molecule has 21 heavy (non-hydrogen) atoms. The first-order chi connectivity index (χ1) is 10.1. The van der Waals surface area contributed by atoms with E-state index < -0.39 is 0 Å². The largest absolute Gasteiger partial charge is 0.378 e. The van der Waals surface area contributed by atoms with Crippen LogP contribution in [0.4, 0.5) is 5.69 Å². The Morgan fingerprint density at radius 2 is 2.19 bits per heavy atom. The lowest BCUT2D eigenvalue weighted by Crippen LogP contribution is -2.34. The topological polar surface area (TPSA) is 46.9 Å². The molecule has 3 rings (SSSR count).